The van der Waals surface area contributed by atoms with Crippen molar-refractivity contribution in [1.82, 2.24) is 15.1 Å². The Morgan fingerprint density at radius 1 is 1.32 bits per heavy atom. The van der Waals surface area contributed by atoms with Gasteiger partial charge in [-0.1, -0.05) is 33.6 Å². The fourth-order valence-electron chi connectivity index (χ4n) is 2.50. The van der Waals surface area contributed by atoms with Crippen LogP contribution in [0.1, 0.15) is 75.1 Å². The largest absolute Gasteiger partial charge is 0.480 e. The summed E-state index contributed by atoms with van der Waals surface area (Å²) in [6.45, 7) is 8.07. The van der Waals surface area contributed by atoms with Gasteiger partial charge in [0.05, 0.1) is 6.04 Å². The maximum atomic E-state index is 12.2. The summed E-state index contributed by atoms with van der Waals surface area (Å²) in [6.07, 6.45) is 3.97. The zero-order valence-electron chi connectivity index (χ0n) is 13.9. The van der Waals surface area contributed by atoms with Gasteiger partial charge in [-0.05, 0) is 32.3 Å². The molecule has 1 aromatic rings. The molecule has 0 aromatic carbocycles. The van der Waals surface area contributed by atoms with E-state index < -0.39 is 17.9 Å². The van der Waals surface area contributed by atoms with Crippen LogP contribution in [-0.2, 0) is 4.79 Å². The monoisotopic (exact) mass is 309 g/mol. The highest BCUT2D eigenvalue weighted by Crippen LogP contribution is 2.18. The lowest BCUT2D eigenvalue weighted by Gasteiger charge is -2.15. The molecule has 124 valence electrons. The van der Waals surface area contributed by atoms with Crippen molar-refractivity contribution < 1.29 is 14.7 Å². The highest BCUT2D eigenvalue weighted by molar-refractivity contribution is 5.95. The van der Waals surface area contributed by atoms with Gasteiger partial charge in [-0.2, -0.15) is 5.10 Å². The van der Waals surface area contributed by atoms with Crippen LogP contribution < -0.4 is 5.32 Å². The van der Waals surface area contributed by atoms with Crippen LogP contribution in [0.3, 0.4) is 0 Å². The van der Waals surface area contributed by atoms with Crippen molar-refractivity contribution in [3.05, 3.63) is 17.5 Å². The van der Waals surface area contributed by atoms with Gasteiger partial charge in [0, 0.05) is 5.69 Å². The van der Waals surface area contributed by atoms with Gasteiger partial charge in [0.1, 0.15) is 11.7 Å². The first-order valence-electron chi connectivity index (χ1n) is 8.04. The van der Waals surface area contributed by atoms with E-state index >= 15 is 0 Å². The minimum absolute atomic E-state index is 0.261. The number of amides is 1. The summed E-state index contributed by atoms with van der Waals surface area (Å²) in [5, 5.41) is 16.1. The Labute approximate surface area is 131 Å². The second-order valence-electron chi connectivity index (χ2n) is 5.59. The number of aryl methyl sites for hydroxylation is 1. The van der Waals surface area contributed by atoms with E-state index in [0.717, 1.165) is 31.4 Å². The smallest absolute Gasteiger partial charge is 0.326 e. The SMILES string of the molecule is CCCC[C@H](NC(=O)c1cc(C)n(C(CC)CC)n1)C(=O)O. The number of rotatable bonds is 9. The molecule has 1 amide bonds. The molecule has 0 spiro atoms. The third-order valence-corrected chi connectivity index (χ3v) is 3.89. The predicted octanol–water partition coefficient (Wildman–Crippen LogP) is 2.93. The van der Waals surface area contributed by atoms with Crippen LogP contribution in [0.2, 0.25) is 0 Å². The summed E-state index contributed by atoms with van der Waals surface area (Å²) in [6, 6.07) is 1.12. The van der Waals surface area contributed by atoms with Crippen molar-refractivity contribution in [2.75, 3.05) is 0 Å². The summed E-state index contributed by atoms with van der Waals surface area (Å²) in [4.78, 5) is 23.4. The average Bonchev–Trinajstić information content (AvgIpc) is 2.86. The van der Waals surface area contributed by atoms with Crippen LogP contribution in [0.4, 0.5) is 0 Å². The van der Waals surface area contributed by atoms with E-state index in [1.54, 1.807) is 6.07 Å². The van der Waals surface area contributed by atoms with Crippen molar-refractivity contribution in [2.45, 2.75) is 71.9 Å². The third-order valence-electron chi connectivity index (χ3n) is 3.89. The van der Waals surface area contributed by atoms with E-state index in [9.17, 15) is 14.7 Å². The molecule has 0 unspecified atom stereocenters. The molecule has 0 saturated heterocycles. The summed E-state index contributed by atoms with van der Waals surface area (Å²) >= 11 is 0. The number of carboxylic acid groups (broad SMARTS) is 1. The van der Waals surface area contributed by atoms with E-state index in [4.69, 9.17) is 0 Å². The lowest BCUT2D eigenvalue weighted by molar-refractivity contribution is -0.139. The first-order chi connectivity index (χ1) is 10.4. The van der Waals surface area contributed by atoms with Gasteiger partial charge in [0.25, 0.3) is 5.91 Å². The van der Waals surface area contributed by atoms with Gasteiger partial charge in [0.15, 0.2) is 0 Å². The number of nitrogens with zero attached hydrogens (tertiary/aromatic N) is 2. The van der Waals surface area contributed by atoms with Crippen molar-refractivity contribution in [3.63, 3.8) is 0 Å². The van der Waals surface area contributed by atoms with Gasteiger partial charge in [-0.3, -0.25) is 9.48 Å². The van der Waals surface area contributed by atoms with Crippen LogP contribution in [0.15, 0.2) is 6.07 Å². The number of hydrogen-bond acceptors (Lipinski definition) is 3. The first kappa shape index (κ1) is 18.2. The Kier molecular flexibility index (Phi) is 7.08. The van der Waals surface area contributed by atoms with Gasteiger partial charge in [0.2, 0.25) is 0 Å². The molecule has 6 heteroatoms. The molecule has 1 rings (SSSR count). The Balaban J connectivity index is 2.84. The maximum Gasteiger partial charge on any atom is 0.326 e. The summed E-state index contributed by atoms with van der Waals surface area (Å²) < 4.78 is 1.86. The number of unbranched alkanes of at least 4 members (excludes halogenated alkanes) is 1. The van der Waals surface area contributed by atoms with Crippen molar-refractivity contribution in [1.29, 1.82) is 0 Å². The van der Waals surface area contributed by atoms with Crippen molar-refractivity contribution in [2.24, 2.45) is 0 Å². The molecule has 22 heavy (non-hydrogen) atoms. The molecule has 6 nitrogen and oxygen atoms in total. The number of hydrogen-bond donors (Lipinski definition) is 2. The molecule has 0 fully saturated rings. The van der Waals surface area contributed by atoms with E-state index in [1.807, 2.05) is 18.5 Å². The molecular weight excluding hydrogens is 282 g/mol. The number of carbonyl (C=O) groups is 2. The van der Waals surface area contributed by atoms with Crippen LogP contribution >= 0.6 is 0 Å². The number of nitrogens with one attached hydrogen (secondary N) is 1. The number of carbonyl (C=O) groups excluding carboxylic acids is 1. The molecule has 0 aliphatic heterocycles. The van der Waals surface area contributed by atoms with Gasteiger partial charge < -0.3 is 10.4 Å². The van der Waals surface area contributed by atoms with Gasteiger partial charge in [-0.25, -0.2) is 4.79 Å². The van der Waals surface area contributed by atoms with Crippen LogP contribution in [0, 0.1) is 6.92 Å². The highest BCUT2D eigenvalue weighted by atomic mass is 16.4. The molecule has 0 aliphatic rings. The fraction of sp³-hybridized carbons (Fsp3) is 0.688. The van der Waals surface area contributed by atoms with Crippen molar-refractivity contribution in [3.8, 4) is 0 Å². The second-order valence-corrected chi connectivity index (χ2v) is 5.59. The zero-order chi connectivity index (χ0) is 16.7. The quantitative estimate of drug-likeness (QED) is 0.734. The van der Waals surface area contributed by atoms with E-state index in [-0.39, 0.29) is 11.7 Å². The molecular formula is C16H27N3O3. The molecule has 1 aromatic heterocycles. The molecule has 0 bridgehead atoms. The van der Waals surface area contributed by atoms with Gasteiger partial charge >= 0.3 is 5.97 Å². The standard InChI is InChI=1S/C16H27N3O3/c1-5-8-9-13(16(21)22)17-15(20)14-10-11(4)19(18-14)12(6-2)7-3/h10,12-13H,5-9H2,1-4H3,(H,17,20)(H,21,22)/t13-/m0/s1. The third kappa shape index (κ3) is 4.58. The Morgan fingerprint density at radius 3 is 2.45 bits per heavy atom. The van der Waals surface area contributed by atoms with E-state index in [1.165, 1.54) is 0 Å². The highest BCUT2D eigenvalue weighted by Gasteiger charge is 2.22. The number of aromatic nitrogens is 2. The second kappa shape index (κ2) is 8.56. The fourth-order valence-corrected chi connectivity index (χ4v) is 2.50. The Hall–Kier alpha value is -1.85. The molecule has 0 saturated carbocycles. The Bertz CT molecular complexity index is 507. The lowest BCUT2D eigenvalue weighted by Crippen LogP contribution is -2.41. The van der Waals surface area contributed by atoms with E-state index in [2.05, 4.69) is 24.3 Å². The zero-order valence-corrected chi connectivity index (χ0v) is 13.9. The van der Waals surface area contributed by atoms with Crippen molar-refractivity contribution >= 4 is 11.9 Å². The average molecular weight is 309 g/mol. The van der Waals surface area contributed by atoms with Crippen LogP contribution in [-0.4, -0.2) is 32.8 Å². The lowest BCUT2D eigenvalue weighted by atomic mass is 10.1. The van der Waals surface area contributed by atoms with Crippen LogP contribution in [0.25, 0.3) is 0 Å². The molecule has 1 atom stereocenters. The molecule has 1 heterocycles. The topological polar surface area (TPSA) is 84.2 Å². The number of aliphatic carboxylic acids is 1. The number of carboxylic acids is 1. The predicted molar refractivity (Wildman–Crippen MR) is 85.0 cm³/mol. The molecule has 2 N–H and O–H groups in total. The molecule has 0 radical (unpaired) electrons. The van der Waals surface area contributed by atoms with Gasteiger partial charge in [-0.15, -0.1) is 0 Å². The summed E-state index contributed by atoms with van der Waals surface area (Å²) in [5.74, 6) is -1.42. The van der Waals surface area contributed by atoms with E-state index in [0.29, 0.717) is 6.42 Å². The minimum atomic E-state index is -1.00. The maximum absolute atomic E-state index is 12.2. The molecule has 0 aliphatic carbocycles. The first-order valence-corrected chi connectivity index (χ1v) is 8.04. The Morgan fingerprint density at radius 2 is 1.95 bits per heavy atom. The minimum Gasteiger partial charge on any atom is -0.480 e. The summed E-state index contributed by atoms with van der Waals surface area (Å²) in [7, 11) is 0. The van der Waals surface area contributed by atoms with Crippen LogP contribution in [0.5, 0.6) is 0 Å². The summed E-state index contributed by atoms with van der Waals surface area (Å²) in [5.41, 5.74) is 1.20. The normalized spacial score (nSPS) is 12.4.